The van der Waals surface area contributed by atoms with E-state index in [0.29, 0.717) is 18.9 Å². The molecule has 0 spiro atoms. The van der Waals surface area contributed by atoms with Crippen molar-refractivity contribution in [3.05, 3.63) is 111 Å². The number of Topliss-reactive ketones (excluding diaryl/α,β-unsaturated/α-hetero) is 1. The Bertz CT molecular complexity index is 1480. The summed E-state index contributed by atoms with van der Waals surface area (Å²) in [5.41, 5.74) is 0.916. The maximum absolute atomic E-state index is 13.9. The van der Waals surface area contributed by atoms with Crippen LogP contribution in [0.1, 0.15) is 35.3 Å². The summed E-state index contributed by atoms with van der Waals surface area (Å²) < 4.78 is 60.4. The highest BCUT2D eigenvalue weighted by molar-refractivity contribution is 6.32. The molecule has 42 heavy (non-hydrogen) atoms. The molecule has 1 saturated heterocycles. The predicted molar refractivity (Wildman–Crippen MR) is 154 cm³/mol. The number of benzene rings is 3. The van der Waals surface area contributed by atoms with E-state index in [-0.39, 0.29) is 45.9 Å². The Kier molecular flexibility index (Phi) is 10.2. The van der Waals surface area contributed by atoms with Crippen LogP contribution in [0.4, 0.5) is 17.6 Å². The van der Waals surface area contributed by atoms with Gasteiger partial charge in [0.15, 0.2) is 29.1 Å². The van der Waals surface area contributed by atoms with Gasteiger partial charge in [-0.1, -0.05) is 37.6 Å². The van der Waals surface area contributed by atoms with Gasteiger partial charge in [-0.3, -0.25) is 9.59 Å². The summed E-state index contributed by atoms with van der Waals surface area (Å²) in [6.45, 7) is 6.75. The molecule has 1 fully saturated rings. The zero-order chi connectivity index (χ0) is 30.4. The van der Waals surface area contributed by atoms with Crippen molar-refractivity contribution in [1.82, 2.24) is 9.80 Å². The number of hydrogen-bond donors (Lipinski definition) is 0. The zero-order valence-corrected chi connectivity index (χ0v) is 23.9. The summed E-state index contributed by atoms with van der Waals surface area (Å²) in [5.74, 6) is -4.76. The second kappa shape index (κ2) is 13.8. The third kappa shape index (κ3) is 7.46. The Morgan fingerprint density at radius 2 is 1.40 bits per heavy atom. The Labute approximate surface area is 246 Å². The molecule has 0 N–H and O–H groups in total. The van der Waals surface area contributed by atoms with Crippen LogP contribution in [-0.4, -0.2) is 60.8 Å². The average Bonchev–Trinajstić information content (AvgIpc) is 2.97. The quantitative estimate of drug-likeness (QED) is 0.200. The van der Waals surface area contributed by atoms with Crippen molar-refractivity contribution in [1.29, 1.82) is 0 Å². The molecule has 220 valence electrons. The molecule has 0 bridgehead atoms. The van der Waals surface area contributed by atoms with Gasteiger partial charge in [-0.2, -0.15) is 0 Å². The van der Waals surface area contributed by atoms with Crippen LogP contribution >= 0.6 is 11.6 Å². The van der Waals surface area contributed by atoms with Crippen LogP contribution < -0.4 is 4.74 Å². The number of ketones is 1. The first-order valence-corrected chi connectivity index (χ1v) is 13.8. The maximum atomic E-state index is 13.9. The lowest BCUT2D eigenvalue weighted by atomic mass is 9.93. The lowest BCUT2D eigenvalue weighted by molar-refractivity contribution is -0.113. The summed E-state index contributed by atoms with van der Waals surface area (Å²) in [6, 6.07) is 11.0. The van der Waals surface area contributed by atoms with E-state index >= 15 is 0 Å². The molecule has 0 saturated carbocycles. The lowest BCUT2D eigenvalue weighted by Crippen LogP contribution is -2.41. The Balaban J connectivity index is 1.63. The van der Waals surface area contributed by atoms with Crippen LogP contribution in [0.15, 0.2) is 65.7 Å². The maximum Gasteiger partial charge on any atom is 0.254 e. The van der Waals surface area contributed by atoms with Crippen molar-refractivity contribution in [2.24, 2.45) is 0 Å². The van der Waals surface area contributed by atoms with E-state index in [1.807, 2.05) is 0 Å². The predicted octanol–water partition coefficient (Wildman–Crippen LogP) is 6.81. The van der Waals surface area contributed by atoms with Crippen molar-refractivity contribution < 1.29 is 31.9 Å². The summed E-state index contributed by atoms with van der Waals surface area (Å²) in [6.07, 6.45) is 2.73. The number of amides is 1. The molecule has 4 rings (SSSR count). The number of halogens is 5. The van der Waals surface area contributed by atoms with Gasteiger partial charge < -0.3 is 14.5 Å². The largest absolute Gasteiger partial charge is 0.491 e. The van der Waals surface area contributed by atoms with E-state index in [1.165, 1.54) is 35.3 Å². The number of likely N-dealkylation sites (tertiary alicyclic amines) is 1. The van der Waals surface area contributed by atoms with Crippen molar-refractivity contribution in [3.8, 4) is 5.75 Å². The minimum atomic E-state index is -1.09. The highest BCUT2D eigenvalue weighted by atomic mass is 35.5. The molecule has 3 aromatic rings. The third-order valence-corrected chi connectivity index (χ3v) is 7.20. The van der Waals surface area contributed by atoms with Crippen LogP contribution in [0.5, 0.6) is 5.75 Å². The number of carbonyl (C=O) groups excluding carboxylic acids is 2. The number of ether oxygens (including phenoxy) is 1. The van der Waals surface area contributed by atoms with Gasteiger partial charge in [-0.05, 0) is 78.8 Å². The molecule has 5 nitrogen and oxygen atoms in total. The van der Waals surface area contributed by atoms with Gasteiger partial charge >= 0.3 is 0 Å². The van der Waals surface area contributed by atoms with Gasteiger partial charge in [0.25, 0.3) is 5.91 Å². The second-order valence-electron chi connectivity index (χ2n) is 9.70. The van der Waals surface area contributed by atoms with Crippen LogP contribution in [-0.2, 0) is 4.79 Å². The fraction of sp³-hybridized carbons (Fsp3) is 0.250. The van der Waals surface area contributed by atoms with E-state index in [0.717, 1.165) is 37.4 Å². The van der Waals surface area contributed by atoms with Gasteiger partial charge in [0.2, 0.25) is 0 Å². The van der Waals surface area contributed by atoms with Crippen molar-refractivity contribution in [2.75, 3.05) is 39.3 Å². The molecule has 0 aliphatic carbocycles. The topological polar surface area (TPSA) is 49.9 Å². The number of rotatable bonds is 9. The second-order valence-corrected chi connectivity index (χ2v) is 10.1. The Morgan fingerprint density at radius 1 is 0.857 bits per heavy atom. The Morgan fingerprint density at radius 3 is 1.88 bits per heavy atom. The summed E-state index contributed by atoms with van der Waals surface area (Å²) in [4.78, 5) is 30.5. The van der Waals surface area contributed by atoms with E-state index in [4.69, 9.17) is 16.3 Å². The first kappa shape index (κ1) is 31.0. The first-order chi connectivity index (χ1) is 20.1. The molecule has 10 heteroatoms. The van der Waals surface area contributed by atoms with Crippen LogP contribution in [0.2, 0.25) is 5.02 Å². The standard InChI is InChI=1S/C32H29ClF4N2O3/c1-3-38(4-2)11-12-42-30-10-7-22(17-25(30)33)32(41)39-18-23(13-20-5-8-26(34)28(36)15-20)31(40)24(19-39)14-21-6-9-27(35)29(37)16-21/h5-10,13-17H,3-4,11-12,18-19H2,1-2H3/b23-13-,24-14+. The highest BCUT2D eigenvalue weighted by Crippen LogP contribution is 2.29. The molecule has 1 aliphatic heterocycles. The van der Waals surface area contributed by atoms with E-state index in [9.17, 15) is 27.2 Å². The molecule has 0 atom stereocenters. The first-order valence-electron chi connectivity index (χ1n) is 13.4. The number of piperidine rings is 1. The summed E-state index contributed by atoms with van der Waals surface area (Å²) in [7, 11) is 0. The molecular weight excluding hydrogens is 572 g/mol. The van der Waals surface area contributed by atoms with Crippen LogP contribution in [0.3, 0.4) is 0 Å². The average molecular weight is 601 g/mol. The summed E-state index contributed by atoms with van der Waals surface area (Å²) >= 11 is 6.43. The fourth-order valence-corrected chi connectivity index (χ4v) is 4.78. The molecule has 1 heterocycles. The van der Waals surface area contributed by atoms with Crippen molar-refractivity contribution >= 4 is 35.4 Å². The molecular formula is C32H29ClF4N2O3. The smallest absolute Gasteiger partial charge is 0.254 e. The lowest BCUT2D eigenvalue weighted by Gasteiger charge is -2.30. The molecule has 1 aliphatic rings. The monoisotopic (exact) mass is 600 g/mol. The van der Waals surface area contributed by atoms with Gasteiger partial charge in [0.05, 0.1) is 18.1 Å². The SMILES string of the molecule is CCN(CC)CCOc1ccc(C(=O)N2C/C(=C/c3ccc(F)c(F)c3)C(=O)/C(=C/c3ccc(F)c(F)c3)C2)cc1Cl. The van der Waals surface area contributed by atoms with Gasteiger partial charge in [0.1, 0.15) is 12.4 Å². The number of carbonyl (C=O) groups is 2. The van der Waals surface area contributed by atoms with E-state index in [1.54, 1.807) is 12.1 Å². The van der Waals surface area contributed by atoms with Crippen LogP contribution in [0, 0.1) is 23.3 Å². The van der Waals surface area contributed by atoms with Crippen molar-refractivity contribution in [2.45, 2.75) is 13.8 Å². The number of nitrogens with zero attached hydrogens (tertiary/aromatic N) is 2. The molecule has 3 aromatic carbocycles. The normalized spacial score (nSPS) is 15.6. The minimum Gasteiger partial charge on any atom is -0.491 e. The van der Waals surface area contributed by atoms with Gasteiger partial charge in [-0.15, -0.1) is 0 Å². The van der Waals surface area contributed by atoms with E-state index < -0.39 is 35.0 Å². The third-order valence-electron chi connectivity index (χ3n) is 6.90. The Hall–Kier alpha value is -3.95. The number of hydrogen-bond acceptors (Lipinski definition) is 4. The number of likely N-dealkylation sites (N-methyl/N-ethyl adjacent to an activating group) is 1. The molecule has 1 amide bonds. The molecule has 0 unspecified atom stereocenters. The fourth-order valence-electron chi connectivity index (χ4n) is 4.55. The van der Waals surface area contributed by atoms with E-state index in [2.05, 4.69) is 18.7 Å². The van der Waals surface area contributed by atoms with Crippen molar-refractivity contribution in [3.63, 3.8) is 0 Å². The van der Waals surface area contributed by atoms with Crippen LogP contribution in [0.25, 0.3) is 12.2 Å². The minimum absolute atomic E-state index is 0.122. The molecule has 0 aromatic heterocycles. The van der Waals surface area contributed by atoms with Gasteiger partial charge in [0, 0.05) is 23.3 Å². The summed E-state index contributed by atoms with van der Waals surface area (Å²) in [5, 5.41) is 0.239. The van der Waals surface area contributed by atoms with Gasteiger partial charge in [-0.25, -0.2) is 17.6 Å². The molecule has 0 radical (unpaired) electrons. The highest BCUT2D eigenvalue weighted by Gasteiger charge is 2.30. The zero-order valence-electron chi connectivity index (χ0n) is 23.1.